The fourth-order valence-electron chi connectivity index (χ4n) is 2.46. The third kappa shape index (κ3) is 3.73. The van der Waals surface area contributed by atoms with Gasteiger partial charge in [-0.1, -0.05) is 29.0 Å². The molecule has 0 unspecified atom stereocenters. The summed E-state index contributed by atoms with van der Waals surface area (Å²) in [5.41, 5.74) is 1.81. The number of benzene rings is 1. The number of hydrogen-bond acceptors (Lipinski definition) is 5. The van der Waals surface area contributed by atoms with E-state index in [-0.39, 0.29) is 21.8 Å². The quantitative estimate of drug-likeness (QED) is 0.939. The zero-order valence-corrected chi connectivity index (χ0v) is 13.7. The van der Waals surface area contributed by atoms with Crippen molar-refractivity contribution in [2.24, 2.45) is 0 Å². The number of carbonyl (C=O) groups excluding carboxylic acids is 2. The molecule has 0 atom stereocenters. The topological polar surface area (TPSA) is 75.2 Å². The lowest BCUT2D eigenvalue weighted by Gasteiger charge is -2.25. The maximum atomic E-state index is 12.3. The van der Waals surface area contributed by atoms with E-state index in [1.165, 1.54) is 0 Å². The number of anilines is 1. The molecule has 0 spiro atoms. The highest BCUT2D eigenvalue weighted by atomic mass is 32.1. The van der Waals surface area contributed by atoms with Gasteiger partial charge in [0.15, 0.2) is 0 Å². The van der Waals surface area contributed by atoms with E-state index < -0.39 is 0 Å². The van der Waals surface area contributed by atoms with Gasteiger partial charge >= 0.3 is 0 Å². The minimum atomic E-state index is -0.343. The molecule has 1 fully saturated rings. The van der Waals surface area contributed by atoms with Gasteiger partial charge < -0.3 is 10.2 Å². The smallest absolute Gasteiger partial charge is 0.286 e. The molecule has 1 N–H and O–H groups in total. The average molecular weight is 330 g/mol. The van der Waals surface area contributed by atoms with Gasteiger partial charge in [-0.05, 0) is 38.3 Å². The molecule has 120 valence electrons. The Labute approximate surface area is 138 Å². The van der Waals surface area contributed by atoms with E-state index in [1.807, 2.05) is 31.2 Å². The Morgan fingerprint density at radius 1 is 1.04 bits per heavy atom. The molecule has 1 aliphatic heterocycles. The first kappa shape index (κ1) is 15.6. The van der Waals surface area contributed by atoms with E-state index in [2.05, 4.69) is 15.5 Å². The second-order valence-corrected chi connectivity index (χ2v) is 6.56. The summed E-state index contributed by atoms with van der Waals surface area (Å²) in [5, 5.41) is 11.0. The van der Waals surface area contributed by atoms with Gasteiger partial charge in [-0.25, -0.2) is 0 Å². The summed E-state index contributed by atoms with van der Waals surface area (Å²) in [6.45, 7) is 3.49. The Morgan fingerprint density at radius 3 is 2.39 bits per heavy atom. The van der Waals surface area contributed by atoms with Gasteiger partial charge in [-0.3, -0.25) is 9.59 Å². The van der Waals surface area contributed by atoms with Crippen molar-refractivity contribution in [3.05, 3.63) is 39.8 Å². The van der Waals surface area contributed by atoms with Crippen LogP contribution in [0.2, 0.25) is 0 Å². The van der Waals surface area contributed by atoms with Crippen LogP contribution in [0.15, 0.2) is 24.3 Å². The summed E-state index contributed by atoms with van der Waals surface area (Å²) in [5.74, 6) is -0.472. The highest BCUT2D eigenvalue weighted by Gasteiger charge is 2.23. The Morgan fingerprint density at radius 2 is 1.70 bits per heavy atom. The SMILES string of the molecule is Cc1ccc(NC(=O)c2nnc(C(=O)N3CCCCC3)s2)cc1. The predicted molar refractivity (Wildman–Crippen MR) is 88.8 cm³/mol. The number of nitrogens with one attached hydrogen (secondary N) is 1. The summed E-state index contributed by atoms with van der Waals surface area (Å²) in [4.78, 5) is 26.3. The van der Waals surface area contributed by atoms with E-state index in [4.69, 9.17) is 0 Å². The van der Waals surface area contributed by atoms with E-state index in [0.29, 0.717) is 5.69 Å². The van der Waals surface area contributed by atoms with Crippen LogP contribution in [0.3, 0.4) is 0 Å². The molecule has 1 saturated heterocycles. The number of aromatic nitrogens is 2. The number of likely N-dealkylation sites (tertiary alicyclic amines) is 1. The monoisotopic (exact) mass is 330 g/mol. The molecular weight excluding hydrogens is 312 g/mol. The number of rotatable bonds is 3. The van der Waals surface area contributed by atoms with E-state index in [9.17, 15) is 9.59 Å². The summed E-state index contributed by atoms with van der Waals surface area (Å²) < 4.78 is 0. The first-order valence-corrected chi connectivity index (χ1v) is 8.46. The van der Waals surface area contributed by atoms with Gasteiger partial charge in [0.25, 0.3) is 11.8 Å². The van der Waals surface area contributed by atoms with Crippen LogP contribution in [-0.2, 0) is 0 Å². The first-order chi connectivity index (χ1) is 11.1. The third-order valence-corrected chi connectivity index (χ3v) is 4.66. The molecule has 2 heterocycles. The highest BCUT2D eigenvalue weighted by molar-refractivity contribution is 7.15. The van der Waals surface area contributed by atoms with Crippen LogP contribution >= 0.6 is 11.3 Å². The Bertz CT molecular complexity index is 705. The van der Waals surface area contributed by atoms with Gasteiger partial charge in [0, 0.05) is 18.8 Å². The van der Waals surface area contributed by atoms with Crippen molar-refractivity contribution in [2.45, 2.75) is 26.2 Å². The molecule has 2 aromatic rings. The van der Waals surface area contributed by atoms with Crippen LogP contribution < -0.4 is 5.32 Å². The molecule has 3 rings (SSSR count). The van der Waals surface area contributed by atoms with Gasteiger partial charge in [-0.2, -0.15) is 0 Å². The largest absolute Gasteiger partial charge is 0.337 e. The van der Waals surface area contributed by atoms with Crippen molar-refractivity contribution in [3.63, 3.8) is 0 Å². The molecule has 1 aliphatic rings. The summed E-state index contributed by atoms with van der Waals surface area (Å²) >= 11 is 1.04. The van der Waals surface area contributed by atoms with Gasteiger partial charge in [0.2, 0.25) is 10.0 Å². The minimum absolute atomic E-state index is 0.128. The van der Waals surface area contributed by atoms with E-state index >= 15 is 0 Å². The lowest BCUT2D eigenvalue weighted by molar-refractivity contribution is 0.0723. The molecule has 7 heteroatoms. The summed E-state index contributed by atoms with van der Waals surface area (Å²) in [7, 11) is 0. The normalized spacial score (nSPS) is 14.6. The standard InChI is InChI=1S/C16H18N4O2S/c1-11-5-7-12(8-6-11)17-13(21)14-18-19-15(23-14)16(22)20-9-3-2-4-10-20/h5-8H,2-4,9-10H2,1H3,(H,17,21). The predicted octanol–water partition coefficient (Wildman–Crippen LogP) is 2.72. The van der Waals surface area contributed by atoms with Crippen molar-refractivity contribution in [1.29, 1.82) is 0 Å². The minimum Gasteiger partial charge on any atom is -0.337 e. The van der Waals surface area contributed by atoms with Crippen LogP contribution in [0.4, 0.5) is 5.69 Å². The van der Waals surface area contributed by atoms with Gasteiger partial charge in [-0.15, -0.1) is 10.2 Å². The van der Waals surface area contributed by atoms with Crippen LogP contribution in [0.1, 0.15) is 44.4 Å². The van der Waals surface area contributed by atoms with Crippen molar-refractivity contribution in [3.8, 4) is 0 Å². The van der Waals surface area contributed by atoms with Gasteiger partial charge in [0.1, 0.15) is 0 Å². The molecule has 23 heavy (non-hydrogen) atoms. The molecule has 6 nitrogen and oxygen atoms in total. The molecular formula is C16H18N4O2S. The third-order valence-electron chi connectivity index (χ3n) is 3.75. The maximum Gasteiger partial charge on any atom is 0.286 e. The van der Waals surface area contributed by atoms with E-state index in [0.717, 1.165) is 49.3 Å². The number of piperidine rings is 1. The Hall–Kier alpha value is -2.28. The average Bonchev–Trinajstić information content (AvgIpc) is 3.07. The fraction of sp³-hybridized carbons (Fsp3) is 0.375. The van der Waals surface area contributed by atoms with Crippen molar-refractivity contribution >= 4 is 28.8 Å². The van der Waals surface area contributed by atoms with Crippen molar-refractivity contribution < 1.29 is 9.59 Å². The summed E-state index contributed by atoms with van der Waals surface area (Å²) in [6.07, 6.45) is 3.20. The summed E-state index contributed by atoms with van der Waals surface area (Å²) in [6, 6.07) is 7.49. The van der Waals surface area contributed by atoms with Crippen LogP contribution in [0, 0.1) is 6.92 Å². The van der Waals surface area contributed by atoms with E-state index in [1.54, 1.807) is 4.90 Å². The van der Waals surface area contributed by atoms with Crippen LogP contribution in [0.5, 0.6) is 0 Å². The zero-order chi connectivity index (χ0) is 16.2. The molecule has 0 bridgehead atoms. The highest BCUT2D eigenvalue weighted by Crippen LogP contribution is 2.18. The zero-order valence-electron chi connectivity index (χ0n) is 12.9. The number of nitrogens with zero attached hydrogens (tertiary/aromatic N) is 3. The van der Waals surface area contributed by atoms with Gasteiger partial charge in [0.05, 0.1) is 0 Å². The lowest BCUT2D eigenvalue weighted by Crippen LogP contribution is -2.35. The molecule has 2 amide bonds. The molecule has 1 aromatic carbocycles. The Kier molecular flexibility index (Phi) is 4.66. The number of hydrogen-bond donors (Lipinski definition) is 1. The number of amides is 2. The Balaban J connectivity index is 1.67. The van der Waals surface area contributed by atoms with Crippen molar-refractivity contribution in [1.82, 2.24) is 15.1 Å². The lowest BCUT2D eigenvalue weighted by atomic mass is 10.1. The molecule has 1 aromatic heterocycles. The fourth-order valence-corrected chi connectivity index (χ4v) is 3.16. The number of aryl methyl sites for hydroxylation is 1. The maximum absolute atomic E-state index is 12.3. The molecule has 0 radical (unpaired) electrons. The second kappa shape index (κ2) is 6.87. The second-order valence-electron chi connectivity index (χ2n) is 5.59. The first-order valence-electron chi connectivity index (χ1n) is 7.64. The van der Waals surface area contributed by atoms with Crippen molar-refractivity contribution in [2.75, 3.05) is 18.4 Å². The van der Waals surface area contributed by atoms with Crippen LogP contribution in [-0.4, -0.2) is 40.0 Å². The van der Waals surface area contributed by atoms with Crippen LogP contribution in [0.25, 0.3) is 0 Å². The number of carbonyl (C=O) groups is 2. The molecule has 0 aliphatic carbocycles. The molecule has 0 saturated carbocycles.